The van der Waals surface area contributed by atoms with Crippen molar-refractivity contribution in [3.63, 3.8) is 0 Å². The molecule has 1 aliphatic rings. The molecule has 9 heteroatoms. The molecule has 1 amide bonds. The number of benzene rings is 2. The van der Waals surface area contributed by atoms with Crippen molar-refractivity contribution in [2.75, 3.05) is 35.7 Å². The highest BCUT2D eigenvalue weighted by molar-refractivity contribution is 6.06. The first-order valence-electron chi connectivity index (χ1n) is 12.7. The summed E-state index contributed by atoms with van der Waals surface area (Å²) in [7, 11) is 1.58. The number of pyridine rings is 1. The summed E-state index contributed by atoms with van der Waals surface area (Å²) in [5.74, 6) is 1.48. The van der Waals surface area contributed by atoms with Gasteiger partial charge in [0.05, 0.1) is 18.4 Å². The quantitative estimate of drug-likeness (QED) is 0.340. The Morgan fingerprint density at radius 1 is 1.05 bits per heavy atom. The fraction of sp³-hybridized carbons (Fsp3) is 0.241. The van der Waals surface area contributed by atoms with Crippen molar-refractivity contribution in [3.05, 3.63) is 89.9 Å². The summed E-state index contributed by atoms with van der Waals surface area (Å²) < 4.78 is 7.20. The van der Waals surface area contributed by atoms with Gasteiger partial charge in [-0.25, -0.2) is 4.68 Å². The van der Waals surface area contributed by atoms with E-state index in [0.717, 1.165) is 29.9 Å². The van der Waals surface area contributed by atoms with Gasteiger partial charge in [0.1, 0.15) is 11.8 Å². The van der Waals surface area contributed by atoms with Crippen molar-refractivity contribution in [3.8, 4) is 17.1 Å². The van der Waals surface area contributed by atoms with E-state index in [1.165, 1.54) is 0 Å². The van der Waals surface area contributed by atoms with Gasteiger partial charge < -0.3 is 20.3 Å². The van der Waals surface area contributed by atoms with Crippen LogP contribution in [0.4, 0.5) is 17.3 Å². The number of nitrogens with one attached hydrogen (secondary N) is 2. The number of rotatable bonds is 8. The number of aromatic nitrogens is 4. The Morgan fingerprint density at radius 2 is 1.76 bits per heavy atom. The van der Waals surface area contributed by atoms with E-state index >= 15 is 0 Å². The molecule has 194 valence electrons. The molecule has 0 spiro atoms. The number of ether oxygens (including phenoxy) is 1. The average molecular weight is 510 g/mol. The van der Waals surface area contributed by atoms with Gasteiger partial charge in [0.15, 0.2) is 5.82 Å². The third kappa shape index (κ3) is 4.70. The molecule has 1 unspecified atom stereocenters. The van der Waals surface area contributed by atoms with E-state index in [1.807, 2.05) is 55.5 Å². The molecule has 0 fully saturated rings. The van der Waals surface area contributed by atoms with Crippen molar-refractivity contribution in [1.29, 1.82) is 0 Å². The van der Waals surface area contributed by atoms with Gasteiger partial charge in [0, 0.05) is 42.4 Å². The summed E-state index contributed by atoms with van der Waals surface area (Å²) in [6.07, 6.45) is 3.43. The zero-order valence-corrected chi connectivity index (χ0v) is 22.0. The molecule has 9 nitrogen and oxygen atoms in total. The molecule has 0 aliphatic carbocycles. The largest absolute Gasteiger partial charge is 0.495 e. The normalized spacial score (nSPS) is 14.5. The first-order chi connectivity index (χ1) is 18.5. The Bertz CT molecular complexity index is 1460. The lowest BCUT2D eigenvalue weighted by atomic mass is 9.96. The van der Waals surface area contributed by atoms with Crippen LogP contribution in [-0.2, 0) is 4.79 Å². The van der Waals surface area contributed by atoms with Crippen LogP contribution in [0.15, 0.2) is 84.3 Å². The Morgan fingerprint density at radius 3 is 2.45 bits per heavy atom. The summed E-state index contributed by atoms with van der Waals surface area (Å²) in [4.78, 5) is 25.0. The summed E-state index contributed by atoms with van der Waals surface area (Å²) in [6, 6.07) is 18.9. The van der Waals surface area contributed by atoms with Gasteiger partial charge in [-0.2, -0.15) is 4.98 Å². The van der Waals surface area contributed by atoms with Gasteiger partial charge in [0.25, 0.3) is 5.91 Å². The number of hydrogen-bond donors (Lipinski definition) is 2. The molecule has 4 aromatic rings. The van der Waals surface area contributed by atoms with Crippen LogP contribution < -0.4 is 20.3 Å². The van der Waals surface area contributed by atoms with Gasteiger partial charge >= 0.3 is 0 Å². The van der Waals surface area contributed by atoms with E-state index in [-0.39, 0.29) is 5.91 Å². The highest BCUT2D eigenvalue weighted by atomic mass is 16.5. The van der Waals surface area contributed by atoms with Crippen molar-refractivity contribution in [1.82, 2.24) is 19.7 Å². The number of fused-ring (bicyclic) bond motifs is 1. The lowest BCUT2D eigenvalue weighted by molar-refractivity contribution is -0.113. The van der Waals surface area contributed by atoms with Gasteiger partial charge in [0.2, 0.25) is 5.95 Å². The second-order valence-corrected chi connectivity index (χ2v) is 8.92. The maximum absolute atomic E-state index is 13.7. The lowest BCUT2D eigenvalue weighted by Gasteiger charge is -2.28. The van der Waals surface area contributed by atoms with Crippen LogP contribution in [0.25, 0.3) is 11.4 Å². The van der Waals surface area contributed by atoms with E-state index in [2.05, 4.69) is 46.5 Å². The number of allylic oxidation sites excluding steroid dienone is 1. The summed E-state index contributed by atoms with van der Waals surface area (Å²) >= 11 is 0. The number of nitrogens with zero attached hydrogens (tertiary/aromatic N) is 5. The van der Waals surface area contributed by atoms with Crippen LogP contribution in [0.2, 0.25) is 0 Å². The van der Waals surface area contributed by atoms with Crippen molar-refractivity contribution in [2.24, 2.45) is 0 Å². The number of methoxy groups -OCH3 is 1. The first-order valence-corrected chi connectivity index (χ1v) is 12.7. The Balaban J connectivity index is 1.53. The second-order valence-electron chi connectivity index (χ2n) is 8.92. The minimum absolute atomic E-state index is 0.257. The Labute approximate surface area is 222 Å². The molecule has 0 saturated heterocycles. The molecule has 2 aromatic heterocycles. The molecule has 5 rings (SSSR count). The van der Waals surface area contributed by atoms with Crippen LogP contribution in [0.3, 0.4) is 0 Å². The highest BCUT2D eigenvalue weighted by Gasteiger charge is 2.34. The van der Waals surface area contributed by atoms with E-state index < -0.39 is 6.04 Å². The molecule has 1 aliphatic heterocycles. The topological polar surface area (TPSA) is 97.2 Å². The zero-order valence-electron chi connectivity index (χ0n) is 22.0. The second kappa shape index (κ2) is 10.8. The molecule has 3 heterocycles. The zero-order chi connectivity index (χ0) is 26.6. The molecule has 2 N–H and O–H groups in total. The highest BCUT2D eigenvalue weighted by Crippen LogP contribution is 2.37. The summed E-state index contributed by atoms with van der Waals surface area (Å²) in [6.45, 7) is 8.04. The van der Waals surface area contributed by atoms with Crippen LogP contribution >= 0.6 is 0 Å². The number of carbonyl (C=O) groups is 1. The van der Waals surface area contributed by atoms with E-state index in [4.69, 9.17) is 14.8 Å². The number of anilines is 3. The fourth-order valence-electron chi connectivity index (χ4n) is 4.77. The smallest absolute Gasteiger partial charge is 0.255 e. The minimum atomic E-state index is -0.500. The van der Waals surface area contributed by atoms with E-state index in [9.17, 15) is 4.79 Å². The lowest BCUT2D eigenvalue weighted by Crippen LogP contribution is -2.31. The van der Waals surface area contributed by atoms with Crippen LogP contribution in [0.1, 0.15) is 32.4 Å². The first kappa shape index (κ1) is 25.0. The van der Waals surface area contributed by atoms with Crippen molar-refractivity contribution < 1.29 is 9.53 Å². The Hall–Kier alpha value is -4.66. The van der Waals surface area contributed by atoms with Crippen LogP contribution in [0, 0.1) is 0 Å². The molecular formula is C29H31N7O2. The standard InChI is InChI=1S/C29H31N7O2/c1-5-35(6-2)22-13-11-21(12-14-22)27-33-29-31-19(3)25(26(36(29)34-27)20-15-17-30-18-16-20)28(37)32-23-9-7-8-10-24(23)38-4/h7-18,26H,5-6H2,1-4H3,(H,32,37)(H,31,33,34). The predicted molar refractivity (Wildman–Crippen MR) is 149 cm³/mol. The molecule has 0 bridgehead atoms. The summed E-state index contributed by atoms with van der Waals surface area (Å²) in [5.41, 5.74) is 4.75. The number of para-hydroxylation sites is 2. The molecule has 0 saturated carbocycles. The van der Waals surface area contributed by atoms with Crippen LogP contribution in [0.5, 0.6) is 5.75 Å². The molecule has 2 aromatic carbocycles. The number of amides is 1. The van der Waals surface area contributed by atoms with Gasteiger partial charge in [-0.1, -0.05) is 12.1 Å². The number of carbonyl (C=O) groups excluding carboxylic acids is 1. The molecule has 38 heavy (non-hydrogen) atoms. The predicted octanol–water partition coefficient (Wildman–Crippen LogP) is 5.12. The van der Waals surface area contributed by atoms with Gasteiger partial charge in [-0.05, 0) is 74.9 Å². The fourth-order valence-corrected chi connectivity index (χ4v) is 4.77. The van der Waals surface area contributed by atoms with E-state index in [1.54, 1.807) is 24.2 Å². The van der Waals surface area contributed by atoms with Crippen molar-refractivity contribution >= 4 is 23.2 Å². The van der Waals surface area contributed by atoms with E-state index in [0.29, 0.717) is 34.5 Å². The molecule has 0 radical (unpaired) electrons. The maximum atomic E-state index is 13.7. The van der Waals surface area contributed by atoms with Gasteiger partial charge in [-0.3, -0.25) is 9.78 Å². The Kier molecular flexibility index (Phi) is 7.08. The van der Waals surface area contributed by atoms with Crippen molar-refractivity contribution in [2.45, 2.75) is 26.8 Å². The minimum Gasteiger partial charge on any atom is -0.495 e. The number of hydrogen-bond acceptors (Lipinski definition) is 7. The summed E-state index contributed by atoms with van der Waals surface area (Å²) in [5, 5.41) is 11.2. The third-order valence-electron chi connectivity index (χ3n) is 6.73. The molecular weight excluding hydrogens is 478 g/mol. The maximum Gasteiger partial charge on any atom is 0.255 e. The molecule has 1 atom stereocenters. The SMILES string of the molecule is CCN(CC)c1ccc(-c2nc3n(n2)C(c2ccncc2)C(C(=O)Nc2ccccc2OC)=C(C)N3)cc1. The average Bonchev–Trinajstić information content (AvgIpc) is 3.37. The monoisotopic (exact) mass is 509 g/mol. The van der Waals surface area contributed by atoms with Gasteiger partial charge in [-0.15, -0.1) is 5.10 Å². The third-order valence-corrected chi connectivity index (χ3v) is 6.73. The van der Waals surface area contributed by atoms with Crippen LogP contribution in [-0.4, -0.2) is 45.9 Å².